The molecule has 0 aliphatic carbocycles. The number of thiazole rings is 1. The van der Waals surface area contributed by atoms with Crippen molar-refractivity contribution < 1.29 is 9.53 Å². The maximum atomic E-state index is 11.6. The Bertz CT molecular complexity index is 571. The van der Waals surface area contributed by atoms with Gasteiger partial charge in [0.05, 0.1) is 16.0 Å². The lowest BCUT2D eigenvalue weighted by molar-refractivity contribution is -0.123. The van der Waals surface area contributed by atoms with Gasteiger partial charge in [-0.05, 0) is 35.0 Å². The lowest BCUT2D eigenvalue weighted by Crippen LogP contribution is -2.28. The minimum absolute atomic E-state index is 0.000396. The van der Waals surface area contributed by atoms with Crippen LogP contribution in [0.2, 0.25) is 0 Å². The number of carbonyl (C=O) groups excluding carboxylic acids is 1. The van der Waals surface area contributed by atoms with E-state index in [-0.39, 0.29) is 12.5 Å². The van der Waals surface area contributed by atoms with Crippen molar-refractivity contribution in [3.63, 3.8) is 0 Å². The standard InChI is InChI=1S/C13H13BrN2O2S/c1-9-15-6-10(19-9)7-16-13(17)8-18-12-5-3-2-4-11(12)14/h2-6H,7-8H2,1H3,(H,16,17). The van der Waals surface area contributed by atoms with Gasteiger partial charge in [-0.25, -0.2) is 4.98 Å². The number of aryl methyl sites for hydroxylation is 1. The first-order valence-corrected chi connectivity index (χ1v) is 7.31. The smallest absolute Gasteiger partial charge is 0.258 e. The van der Waals surface area contributed by atoms with E-state index in [0.717, 1.165) is 14.4 Å². The van der Waals surface area contributed by atoms with Gasteiger partial charge in [0.15, 0.2) is 6.61 Å². The SMILES string of the molecule is Cc1ncc(CNC(=O)COc2ccccc2Br)s1. The summed E-state index contributed by atoms with van der Waals surface area (Å²) in [6, 6.07) is 7.43. The number of rotatable bonds is 5. The van der Waals surface area contributed by atoms with Crippen LogP contribution in [0.1, 0.15) is 9.88 Å². The molecule has 0 aliphatic rings. The topological polar surface area (TPSA) is 51.2 Å². The molecule has 4 nitrogen and oxygen atoms in total. The zero-order chi connectivity index (χ0) is 13.7. The molecule has 0 fully saturated rings. The zero-order valence-corrected chi connectivity index (χ0v) is 12.8. The quantitative estimate of drug-likeness (QED) is 0.910. The highest BCUT2D eigenvalue weighted by molar-refractivity contribution is 9.10. The fraction of sp³-hybridized carbons (Fsp3) is 0.231. The number of halogens is 1. The number of nitrogens with zero attached hydrogens (tertiary/aromatic N) is 1. The summed E-state index contributed by atoms with van der Waals surface area (Å²) in [6.07, 6.45) is 1.77. The Morgan fingerprint density at radius 3 is 2.95 bits per heavy atom. The predicted octanol–water partition coefficient (Wildman–Crippen LogP) is 2.91. The van der Waals surface area contributed by atoms with Crippen LogP contribution in [0.5, 0.6) is 5.75 Å². The molecule has 1 aromatic heterocycles. The monoisotopic (exact) mass is 340 g/mol. The molecular weight excluding hydrogens is 328 g/mol. The Balaban J connectivity index is 1.77. The van der Waals surface area contributed by atoms with Crippen molar-refractivity contribution >= 4 is 33.2 Å². The first-order chi connectivity index (χ1) is 9.15. The summed E-state index contributed by atoms with van der Waals surface area (Å²) in [5.74, 6) is 0.507. The van der Waals surface area contributed by atoms with E-state index < -0.39 is 0 Å². The van der Waals surface area contributed by atoms with Crippen LogP contribution < -0.4 is 10.1 Å². The number of amides is 1. The van der Waals surface area contributed by atoms with Gasteiger partial charge < -0.3 is 10.1 Å². The van der Waals surface area contributed by atoms with Gasteiger partial charge in [0, 0.05) is 11.1 Å². The molecule has 1 aromatic carbocycles. The maximum absolute atomic E-state index is 11.6. The van der Waals surface area contributed by atoms with Crippen molar-refractivity contribution in [2.45, 2.75) is 13.5 Å². The molecule has 100 valence electrons. The second kappa shape index (κ2) is 6.68. The molecule has 2 rings (SSSR count). The van der Waals surface area contributed by atoms with Crippen LogP contribution in [0.15, 0.2) is 34.9 Å². The van der Waals surface area contributed by atoms with Crippen molar-refractivity contribution in [2.24, 2.45) is 0 Å². The van der Waals surface area contributed by atoms with E-state index in [1.54, 1.807) is 17.5 Å². The van der Waals surface area contributed by atoms with E-state index in [1.807, 2.05) is 31.2 Å². The Kier molecular flexibility index (Phi) is 4.93. The summed E-state index contributed by atoms with van der Waals surface area (Å²) in [4.78, 5) is 16.8. The lowest BCUT2D eigenvalue weighted by Gasteiger charge is -2.07. The third kappa shape index (κ3) is 4.33. The highest BCUT2D eigenvalue weighted by Gasteiger charge is 2.06. The molecule has 0 radical (unpaired) electrons. The van der Waals surface area contributed by atoms with E-state index >= 15 is 0 Å². The summed E-state index contributed by atoms with van der Waals surface area (Å²) in [6.45, 7) is 2.43. The van der Waals surface area contributed by atoms with Crippen molar-refractivity contribution in [1.29, 1.82) is 0 Å². The van der Waals surface area contributed by atoms with Crippen LogP contribution in [-0.4, -0.2) is 17.5 Å². The van der Waals surface area contributed by atoms with Gasteiger partial charge >= 0.3 is 0 Å². The van der Waals surface area contributed by atoms with E-state index in [1.165, 1.54) is 0 Å². The number of para-hydroxylation sites is 1. The normalized spacial score (nSPS) is 10.2. The number of aromatic nitrogens is 1. The van der Waals surface area contributed by atoms with Crippen molar-refractivity contribution in [3.8, 4) is 5.75 Å². The molecule has 0 saturated heterocycles. The van der Waals surface area contributed by atoms with Gasteiger partial charge in [-0.2, -0.15) is 0 Å². The number of benzene rings is 1. The Labute approximate surface area is 124 Å². The summed E-state index contributed by atoms with van der Waals surface area (Å²) in [7, 11) is 0. The van der Waals surface area contributed by atoms with Gasteiger partial charge in [0.25, 0.3) is 5.91 Å². The highest BCUT2D eigenvalue weighted by atomic mass is 79.9. The summed E-state index contributed by atoms with van der Waals surface area (Å²) >= 11 is 4.93. The van der Waals surface area contributed by atoms with E-state index in [9.17, 15) is 4.79 Å². The minimum atomic E-state index is -0.151. The Morgan fingerprint density at radius 1 is 1.47 bits per heavy atom. The third-order valence-electron chi connectivity index (χ3n) is 2.32. The zero-order valence-electron chi connectivity index (χ0n) is 10.4. The molecule has 1 amide bonds. The largest absolute Gasteiger partial charge is 0.483 e. The second-order valence-corrected chi connectivity index (χ2v) is 6.02. The first-order valence-electron chi connectivity index (χ1n) is 5.70. The number of carbonyl (C=O) groups is 1. The maximum Gasteiger partial charge on any atom is 0.258 e. The predicted molar refractivity (Wildman–Crippen MR) is 78.3 cm³/mol. The Hall–Kier alpha value is -1.40. The fourth-order valence-electron chi connectivity index (χ4n) is 1.43. The van der Waals surface area contributed by atoms with Crippen LogP contribution in [0.25, 0.3) is 0 Å². The van der Waals surface area contributed by atoms with Crippen LogP contribution in [0.3, 0.4) is 0 Å². The number of ether oxygens (including phenoxy) is 1. The minimum Gasteiger partial charge on any atom is -0.483 e. The van der Waals surface area contributed by atoms with Gasteiger partial charge in [-0.1, -0.05) is 12.1 Å². The molecule has 0 atom stereocenters. The Morgan fingerprint density at radius 2 is 2.26 bits per heavy atom. The molecule has 0 aliphatic heterocycles. The molecular formula is C13H13BrN2O2S. The van der Waals surface area contributed by atoms with Gasteiger partial charge in [-0.3, -0.25) is 4.79 Å². The average Bonchev–Trinajstić information content (AvgIpc) is 2.81. The van der Waals surface area contributed by atoms with E-state index in [0.29, 0.717) is 12.3 Å². The summed E-state index contributed by atoms with van der Waals surface area (Å²) in [5.41, 5.74) is 0. The highest BCUT2D eigenvalue weighted by Crippen LogP contribution is 2.23. The number of nitrogens with one attached hydrogen (secondary N) is 1. The second-order valence-electron chi connectivity index (χ2n) is 3.84. The fourth-order valence-corrected chi connectivity index (χ4v) is 2.56. The van der Waals surface area contributed by atoms with Crippen LogP contribution >= 0.6 is 27.3 Å². The number of hydrogen-bond acceptors (Lipinski definition) is 4. The van der Waals surface area contributed by atoms with Gasteiger partial charge in [-0.15, -0.1) is 11.3 Å². The molecule has 1 N–H and O–H groups in total. The number of hydrogen-bond donors (Lipinski definition) is 1. The van der Waals surface area contributed by atoms with E-state index in [2.05, 4.69) is 26.2 Å². The molecule has 0 bridgehead atoms. The molecule has 0 spiro atoms. The van der Waals surface area contributed by atoms with Crippen LogP contribution in [-0.2, 0) is 11.3 Å². The van der Waals surface area contributed by atoms with Crippen LogP contribution in [0.4, 0.5) is 0 Å². The summed E-state index contributed by atoms with van der Waals surface area (Å²) < 4.78 is 6.26. The molecule has 0 saturated carbocycles. The van der Waals surface area contributed by atoms with Crippen molar-refractivity contribution in [3.05, 3.63) is 44.8 Å². The molecule has 2 aromatic rings. The van der Waals surface area contributed by atoms with Crippen LogP contribution in [0, 0.1) is 6.92 Å². The first kappa shape index (κ1) is 14.0. The van der Waals surface area contributed by atoms with Crippen molar-refractivity contribution in [2.75, 3.05) is 6.61 Å². The van der Waals surface area contributed by atoms with Gasteiger partial charge in [0.2, 0.25) is 0 Å². The van der Waals surface area contributed by atoms with Gasteiger partial charge in [0.1, 0.15) is 5.75 Å². The molecule has 19 heavy (non-hydrogen) atoms. The average molecular weight is 341 g/mol. The lowest BCUT2D eigenvalue weighted by atomic mass is 10.3. The summed E-state index contributed by atoms with van der Waals surface area (Å²) in [5, 5.41) is 3.79. The van der Waals surface area contributed by atoms with E-state index in [4.69, 9.17) is 4.74 Å². The van der Waals surface area contributed by atoms with Crippen molar-refractivity contribution in [1.82, 2.24) is 10.3 Å². The third-order valence-corrected chi connectivity index (χ3v) is 3.89. The molecule has 6 heteroatoms. The molecule has 0 unspecified atom stereocenters. The molecule has 1 heterocycles.